The molecule has 2 aromatic rings. The molecule has 5 heteroatoms. The second-order valence-corrected chi connectivity index (χ2v) is 6.33. The molecule has 2 aromatic carbocycles. The number of ether oxygens (including phenoxy) is 3. The van der Waals surface area contributed by atoms with Crippen LogP contribution in [0.25, 0.3) is 0 Å². The fraction of sp³-hybridized carbons (Fsp3) is 0.364. The van der Waals surface area contributed by atoms with E-state index in [1.54, 1.807) is 7.11 Å². The van der Waals surface area contributed by atoms with Crippen molar-refractivity contribution in [2.45, 2.75) is 25.2 Å². The lowest BCUT2D eigenvalue weighted by Gasteiger charge is -2.21. The Morgan fingerprint density at radius 3 is 1.96 bits per heavy atom. The maximum Gasteiger partial charge on any atom is 0.320 e. The van der Waals surface area contributed by atoms with Crippen molar-refractivity contribution >= 4 is 11.9 Å². The number of hydrogen-bond donors (Lipinski definition) is 0. The lowest BCUT2D eigenvalue weighted by Crippen LogP contribution is -2.28. The predicted octanol–water partition coefficient (Wildman–Crippen LogP) is 3.76. The topological polar surface area (TPSA) is 61.8 Å². The Morgan fingerprint density at radius 2 is 1.44 bits per heavy atom. The van der Waals surface area contributed by atoms with Crippen LogP contribution in [0.1, 0.15) is 29.9 Å². The summed E-state index contributed by atoms with van der Waals surface area (Å²) in [4.78, 5) is 24.2. The number of methoxy groups -OCH3 is 3. The van der Waals surface area contributed by atoms with Crippen molar-refractivity contribution in [2.75, 3.05) is 21.3 Å². The number of esters is 2. The molecule has 0 aliphatic rings. The third kappa shape index (κ3) is 5.84. The van der Waals surface area contributed by atoms with Crippen molar-refractivity contribution in [3.63, 3.8) is 0 Å². The molecule has 144 valence electrons. The SMILES string of the molecule is COC(=O)C(CC(CCc1ccc(OC)cc1)c1ccccc1)C(=O)OC. The minimum atomic E-state index is -0.930. The second kappa shape index (κ2) is 10.4. The molecule has 0 heterocycles. The van der Waals surface area contributed by atoms with Crippen LogP contribution in [-0.2, 0) is 25.5 Å². The lowest BCUT2D eigenvalue weighted by molar-refractivity contribution is -0.159. The van der Waals surface area contributed by atoms with E-state index in [-0.39, 0.29) is 5.92 Å². The van der Waals surface area contributed by atoms with Gasteiger partial charge in [-0.05, 0) is 48.4 Å². The van der Waals surface area contributed by atoms with Crippen molar-refractivity contribution in [3.8, 4) is 5.75 Å². The Labute approximate surface area is 160 Å². The maximum absolute atomic E-state index is 12.1. The van der Waals surface area contributed by atoms with E-state index in [0.29, 0.717) is 6.42 Å². The van der Waals surface area contributed by atoms with E-state index in [1.165, 1.54) is 19.8 Å². The molecule has 27 heavy (non-hydrogen) atoms. The molecule has 0 amide bonds. The molecule has 1 unspecified atom stereocenters. The Morgan fingerprint density at radius 1 is 0.852 bits per heavy atom. The molecule has 0 aliphatic carbocycles. The number of aryl methyl sites for hydroxylation is 1. The van der Waals surface area contributed by atoms with Crippen LogP contribution < -0.4 is 4.74 Å². The number of carbonyl (C=O) groups excluding carboxylic acids is 2. The van der Waals surface area contributed by atoms with Gasteiger partial charge in [0.05, 0.1) is 21.3 Å². The van der Waals surface area contributed by atoms with Crippen LogP contribution in [0.5, 0.6) is 5.75 Å². The van der Waals surface area contributed by atoms with E-state index in [2.05, 4.69) is 0 Å². The van der Waals surface area contributed by atoms with Gasteiger partial charge in [0.15, 0.2) is 5.92 Å². The van der Waals surface area contributed by atoms with Crippen LogP contribution in [0.3, 0.4) is 0 Å². The molecular formula is C22H26O5. The third-order valence-corrected chi connectivity index (χ3v) is 4.70. The molecule has 0 aromatic heterocycles. The normalized spacial score (nSPS) is 11.7. The summed E-state index contributed by atoms with van der Waals surface area (Å²) in [5.74, 6) is -1.22. The van der Waals surface area contributed by atoms with Crippen molar-refractivity contribution in [1.29, 1.82) is 0 Å². The van der Waals surface area contributed by atoms with Crippen LogP contribution in [-0.4, -0.2) is 33.3 Å². The first-order valence-corrected chi connectivity index (χ1v) is 8.92. The highest BCUT2D eigenvalue weighted by Crippen LogP contribution is 2.30. The van der Waals surface area contributed by atoms with E-state index in [1.807, 2.05) is 54.6 Å². The smallest absolute Gasteiger partial charge is 0.320 e. The summed E-state index contributed by atoms with van der Waals surface area (Å²) in [6.45, 7) is 0. The first-order valence-electron chi connectivity index (χ1n) is 8.92. The molecule has 0 saturated carbocycles. The van der Waals surface area contributed by atoms with E-state index in [0.717, 1.165) is 24.2 Å². The fourth-order valence-corrected chi connectivity index (χ4v) is 3.14. The van der Waals surface area contributed by atoms with Crippen molar-refractivity contribution in [1.82, 2.24) is 0 Å². The van der Waals surface area contributed by atoms with Crippen molar-refractivity contribution < 1.29 is 23.8 Å². The molecule has 2 rings (SSSR count). The molecule has 0 saturated heterocycles. The summed E-state index contributed by atoms with van der Waals surface area (Å²) in [7, 11) is 4.21. The lowest BCUT2D eigenvalue weighted by atomic mass is 9.84. The van der Waals surface area contributed by atoms with Crippen molar-refractivity contribution in [2.24, 2.45) is 5.92 Å². The fourth-order valence-electron chi connectivity index (χ4n) is 3.14. The highest BCUT2D eigenvalue weighted by molar-refractivity contribution is 5.94. The van der Waals surface area contributed by atoms with Gasteiger partial charge in [-0.25, -0.2) is 0 Å². The van der Waals surface area contributed by atoms with Crippen LogP contribution in [0.2, 0.25) is 0 Å². The van der Waals surface area contributed by atoms with E-state index in [4.69, 9.17) is 14.2 Å². The largest absolute Gasteiger partial charge is 0.497 e. The number of carbonyl (C=O) groups is 2. The Kier molecular flexibility index (Phi) is 7.86. The second-order valence-electron chi connectivity index (χ2n) is 6.33. The van der Waals surface area contributed by atoms with Crippen molar-refractivity contribution in [3.05, 3.63) is 65.7 Å². The predicted molar refractivity (Wildman–Crippen MR) is 103 cm³/mol. The zero-order chi connectivity index (χ0) is 19.6. The minimum Gasteiger partial charge on any atom is -0.497 e. The zero-order valence-corrected chi connectivity index (χ0v) is 16.0. The van der Waals surface area contributed by atoms with Gasteiger partial charge >= 0.3 is 11.9 Å². The van der Waals surface area contributed by atoms with Crippen LogP contribution >= 0.6 is 0 Å². The van der Waals surface area contributed by atoms with E-state index < -0.39 is 17.9 Å². The summed E-state index contributed by atoms with van der Waals surface area (Å²) < 4.78 is 14.8. The first kappa shape index (κ1) is 20.5. The third-order valence-electron chi connectivity index (χ3n) is 4.70. The number of hydrogen-bond acceptors (Lipinski definition) is 5. The van der Waals surface area contributed by atoms with E-state index >= 15 is 0 Å². The Balaban J connectivity index is 2.17. The van der Waals surface area contributed by atoms with Gasteiger partial charge in [0.1, 0.15) is 5.75 Å². The highest BCUT2D eigenvalue weighted by Gasteiger charge is 2.32. The van der Waals surface area contributed by atoms with Gasteiger partial charge < -0.3 is 14.2 Å². The number of rotatable bonds is 9. The van der Waals surface area contributed by atoms with Gasteiger partial charge in [-0.1, -0.05) is 42.5 Å². The molecule has 0 aliphatic heterocycles. The van der Waals surface area contributed by atoms with Gasteiger partial charge in [0.2, 0.25) is 0 Å². The average molecular weight is 370 g/mol. The van der Waals surface area contributed by atoms with Gasteiger partial charge in [-0.3, -0.25) is 9.59 Å². The monoisotopic (exact) mass is 370 g/mol. The Bertz CT molecular complexity index is 708. The Hall–Kier alpha value is -2.82. The summed E-state index contributed by atoms with van der Waals surface area (Å²) in [6.07, 6.45) is 1.96. The summed E-state index contributed by atoms with van der Waals surface area (Å²) in [6, 6.07) is 17.8. The number of benzene rings is 2. The maximum atomic E-state index is 12.1. The van der Waals surface area contributed by atoms with Crippen LogP contribution in [0, 0.1) is 5.92 Å². The van der Waals surface area contributed by atoms with Gasteiger partial charge in [0, 0.05) is 0 Å². The molecule has 0 fully saturated rings. The van der Waals surface area contributed by atoms with Gasteiger partial charge in [0.25, 0.3) is 0 Å². The van der Waals surface area contributed by atoms with Crippen LogP contribution in [0.4, 0.5) is 0 Å². The molecule has 1 atom stereocenters. The van der Waals surface area contributed by atoms with E-state index in [9.17, 15) is 9.59 Å². The minimum absolute atomic E-state index is 0.0245. The molecule has 0 bridgehead atoms. The molecule has 5 nitrogen and oxygen atoms in total. The van der Waals surface area contributed by atoms with Gasteiger partial charge in [-0.15, -0.1) is 0 Å². The molecular weight excluding hydrogens is 344 g/mol. The highest BCUT2D eigenvalue weighted by atomic mass is 16.5. The molecule has 0 N–H and O–H groups in total. The molecule has 0 radical (unpaired) electrons. The summed E-state index contributed by atoms with van der Waals surface area (Å²) in [5, 5.41) is 0. The zero-order valence-electron chi connectivity index (χ0n) is 16.0. The van der Waals surface area contributed by atoms with Gasteiger partial charge in [-0.2, -0.15) is 0 Å². The summed E-state index contributed by atoms with van der Waals surface area (Å²) >= 11 is 0. The standard InChI is InChI=1S/C22H26O5/c1-25-19-13-10-16(11-14-19)9-12-18(17-7-5-4-6-8-17)15-20(21(23)26-2)22(24)27-3/h4-8,10-11,13-14,18,20H,9,12,15H2,1-3H3. The summed E-state index contributed by atoms with van der Waals surface area (Å²) in [5.41, 5.74) is 2.26. The quantitative estimate of drug-likeness (QED) is 0.497. The average Bonchev–Trinajstić information content (AvgIpc) is 2.73. The first-order chi connectivity index (χ1) is 13.1. The van der Waals surface area contributed by atoms with Crippen LogP contribution in [0.15, 0.2) is 54.6 Å². The molecule has 0 spiro atoms.